The lowest BCUT2D eigenvalue weighted by Crippen LogP contribution is -2.35. The monoisotopic (exact) mass is 718 g/mol. The van der Waals surface area contributed by atoms with Crippen LogP contribution < -0.4 is 9.47 Å². The standard InChI is InChI=1S/C49H50O5/c1-32-10-15-36(16-11-32)49(37-17-19-38(20-18-37)52-28-29-53-44(51)23-14-35(4)50)27-24-41-46-45(39-21-12-33(2)30-42(39)47(41)54-49)40-22-13-34(3)31-43(40)48(46)25-8-6-5-7-9-26-48/h10-13,15-22,24,27,30-31H,5-9,14,23,25-26,28-29H2,1-4H3. The molecule has 0 bridgehead atoms. The van der Waals surface area contributed by atoms with Crippen LogP contribution in [0, 0.1) is 20.8 Å². The van der Waals surface area contributed by atoms with Gasteiger partial charge in [-0.15, -0.1) is 0 Å². The van der Waals surface area contributed by atoms with Crippen molar-refractivity contribution in [1.82, 2.24) is 0 Å². The van der Waals surface area contributed by atoms with Crippen molar-refractivity contribution in [2.45, 2.75) is 96.5 Å². The van der Waals surface area contributed by atoms with Gasteiger partial charge in [-0.25, -0.2) is 0 Å². The normalized spacial score (nSPS) is 18.2. The molecule has 1 aliphatic heterocycles. The molecule has 0 radical (unpaired) electrons. The molecule has 0 saturated heterocycles. The minimum Gasteiger partial charge on any atom is -0.490 e. The number of hydrogen-bond acceptors (Lipinski definition) is 5. The van der Waals surface area contributed by atoms with Crippen molar-refractivity contribution >= 4 is 28.6 Å². The number of carbonyl (C=O) groups excluding carboxylic acids is 2. The Morgan fingerprint density at radius 1 is 0.704 bits per heavy atom. The van der Waals surface area contributed by atoms with E-state index >= 15 is 0 Å². The van der Waals surface area contributed by atoms with E-state index in [0.717, 1.165) is 35.1 Å². The van der Waals surface area contributed by atoms with E-state index in [4.69, 9.17) is 14.2 Å². The second kappa shape index (κ2) is 14.6. The average molecular weight is 719 g/mol. The Morgan fingerprint density at radius 2 is 1.35 bits per heavy atom. The first-order valence-electron chi connectivity index (χ1n) is 19.7. The van der Waals surface area contributed by atoms with Crippen molar-refractivity contribution in [3.63, 3.8) is 0 Å². The first kappa shape index (κ1) is 35.8. The number of Topliss-reactive ketones (excluding diaryl/α,β-unsaturated/α-hetero) is 1. The third-order valence-electron chi connectivity index (χ3n) is 11.9. The van der Waals surface area contributed by atoms with E-state index in [0.29, 0.717) is 5.75 Å². The lowest BCUT2D eigenvalue weighted by Gasteiger charge is -2.40. The highest BCUT2D eigenvalue weighted by Gasteiger charge is 2.48. The van der Waals surface area contributed by atoms with E-state index in [2.05, 4.69) is 106 Å². The van der Waals surface area contributed by atoms with Crippen LogP contribution >= 0.6 is 0 Å². The number of aryl methyl sites for hydroxylation is 3. The number of ketones is 1. The Kier molecular flexibility index (Phi) is 9.68. The van der Waals surface area contributed by atoms with Gasteiger partial charge in [0.25, 0.3) is 0 Å². The zero-order valence-electron chi connectivity index (χ0n) is 32.1. The lowest BCUT2D eigenvalue weighted by atomic mass is 9.67. The maximum atomic E-state index is 12.0. The summed E-state index contributed by atoms with van der Waals surface area (Å²) in [6.45, 7) is 8.33. The number of rotatable bonds is 9. The maximum Gasteiger partial charge on any atom is 0.306 e. The molecule has 5 nitrogen and oxygen atoms in total. The van der Waals surface area contributed by atoms with E-state index in [1.807, 2.05) is 12.1 Å². The number of esters is 1. The predicted octanol–water partition coefficient (Wildman–Crippen LogP) is 11.4. The molecule has 0 amide bonds. The zero-order chi connectivity index (χ0) is 37.5. The largest absolute Gasteiger partial charge is 0.490 e. The summed E-state index contributed by atoms with van der Waals surface area (Å²) in [5, 5.41) is 2.41. The smallest absolute Gasteiger partial charge is 0.306 e. The molecule has 0 aromatic heterocycles. The molecule has 1 spiro atoms. The summed E-state index contributed by atoms with van der Waals surface area (Å²) in [5.41, 5.74) is 11.8. The molecule has 1 saturated carbocycles. The van der Waals surface area contributed by atoms with Gasteiger partial charge in [0.2, 0.25) is 0 Å². The van der Waals surface area contributed by atoms with Crippen LogP contribution in [0.2, 0.25) is 0 Å². The van der Waals surface area contributed by atoms with Gasteiger partial charge in [-0.05, 0) is 92.5 Å². The molecule has 5 aromatic carbocycles. The highest BCUT2D eigenvalue weighted by Crippen LogP contribution is 2.61. The summed E-state index contributed by atoms with van der Waals surface area (Å²) in [6.07, 6.45) is 13.6. The number of fused-ring (bicyclic) bond motifs is 10. The Morgan fingerprint density at radius 3 is 2.07 bits per heavy atom. The molecule has 0 N–H and O–H groups in total. The van der Waals surface area contributed by atoms with Crippen molar-refractivity contribution in [3.8, 4) is 22.6 Å². The Balaban J connectivity index is 1.23. The van der Waals surface area contributed by atoms with Crippen molar-refractivity contribution in [3.05, 3.63) is 136 Å². The van der Waals surface area contributed by atoms with E-state index in [1.165, 1.54) is 88.9 Å². The van der Waals surface area contributed by atoms with Crippen molar-refractivity contribution < 1.29 is 23.8 Å². The summed E-state index contributed by atoms with van der Waals surface area (Å²) in [4.78, 5) is 23.2. The van der Waals surface area contributed by atoms with Crippen LogP contribution in [-0.2, 0) is 25.3 Å². The zero-order valence-corrected chi connectivity index (χ0v) is 32.1. The second-order valence-electron chi connectivity index (χ2n) is 15.8. The van der Waals surface area contributed by atoms with Crippen molar-refractivity contribution in [1.29, 1.82) is 0 Å². The molecule has 1 fully saturated rings. The van der Waals surface area contributed by atoms with Gasteiger partial charge in [0.05, 0.1) is 6.42 Å². The molecule has 5 aromatic rings. The fourth-order valence-corrected chi connectivity index (χ4v) is 9.21. The van der Waals surface area contributed by atoms with E-state index in [-0.39, 0.29) is 37.3 Å². The number of benzene rings is 5. The van der Waals surface area contributed by atoms with Crippen LogP contribution in [0.3, 0.4) is 0 Å². The number of hydrogen-bond donors (Lipinski definition) is 0. The van der Waals surface area contributed by atoms with Crippen LogP contribution in [0.15, 0.2) is 91.0 Å². The lowest BCUT2D eigenvalue weighted by molar-refractivity contribution is -0.145. The minimum atomic E-state index is -0.882. The topological polar surface area (TPSA) is 61.8 Å². The van der Waals surface area contributed by atoms with Crippen LogP contribution in [0.5, 0.6) is 11.5 Å². The molecule has 1 atom stereocenters. The maximum absolute atomic E-state index is 12.0. The van der Waals surface area contributed by atoms with Crippen molar-refractivity contribution in [2.24, 2.45) is 0 Å². The summed E-state index contributed by atoms with van der Waals surface area (Å²) < 4.78 is 18.9. The molecule has 8 rings (SSSR count). The predicted molar refractivity (Wildman–Crippen MR) is 216 cm³/mol. The first-order chi connectivity index (χ1) is 26.2. The van der Waals surface area contributed by atoms with Gasteiger partial charge >= 0.3 is 5.97 Å². The van der Waals surface area contributed by atoms with Crippen LogP contribution in [0.25, 0.3) is 28.0 Å². The summed E-state index contributed by atoms with van der Waals surface area (Å²) in [7, 11) is 0. The first-order valence-corrected chi connectivity index (χ1v) is 19.7. The van der Waals surface area contributed by atoms with Crippen LogP contribution in [-0.4, -0.2) is 25.0 Å². The van der Waals surface area contributed by atoms with E-state index in [1.54, 1.807) is 0 Å². The van der Waals surface area contributed by atoms with Gasteiger partial charge in [0.15, 0.2) is 5.60 Å². The fourth-order valence-electron chi connectivity index (χ4n) is 9.21. The van der Waals surface area contributed by atoms with E-state index < -0.39 is 11.6 Å². The van der Waals surface area contributed by atoms with Crippen LogP contribution in [0.1, 0.15) is 109 Å². The van der Waals surface area contributed by atoms with Gasteiger partial charge in [0.1, 0.15) is 30.5 Å². The summed E-state index contributed by atoms with van der Waals surface area (Å²) in [5.74, 6) is 1.21. The average Bonchev–Trinajstić information content (AvgIpc) is 3.44. The SMILES string of the molecule is CC(=O)CCC(=O)OCCOc1ccc(C2(c3ccc(C)cc3)C=Cc3c4c(c5ccc(C)cc5c3O2)-c2ccc(C)cc2C42CCCCCCC2)cc1. The number of ether oxygens (including phenoxy) is 3. The van der Waals surface area contributed by atoms with Gasteiger partial charge in [-0.1, -0.05) is 122 Å². The second-order valence-corrected chi connectivity index (χ2v) is 15.8. The highest BCUT2D eigenvalue weighted by molar-refractivity contribution is 6.09. The van der Waals surface area contributed by atoms with Gasteiger partial charge < -0.3 is 19.0 Å². The molecule has 2 aliphatic carbocycles. The molecule has 276 valence electrons. The quantitative estimate of drug-likeness (QED) is 0.112. The van der Waals surface area contributed by atoms with Crippen molar-refractivity contribution in [2.75, 3.05) is 13.2 Å². The molecule has 5 heteroatoms. The molecule has 3 aliphatic rings. The fraction of sp³-hybridized carbons (Fsp3) is 0.347. The Bertz CT molecular complexity index is 2250. The Hall–Kier alpha value is -5.16. The minimum absolute atomic E-state index is 0.0289. The summed E-state index contributed by atoms with van der Waals surface area (Å²) in [6, 6.07) is 30.8. The number of carbonyl (C=O) groups is 2. The van der Waals surface area contributed by atoms with Crippen LogP contribution in [0.4, 0.5) is 0 Å². The molecular formula is C49H50O5. The van der Waals surface area contributed by atoms with Gasteiger partial charge in [-0.3, -0.25) is 4.79 Å². The van der Waals surface area contributed by atoms with E-state index in [9.17, 15) is 9.59 Å². The Labute approximate surface area is 319 Å². The third kappa shape index (κ3) is 6.42. The molecule has 1 unspecified atom stereocenters. The third-order valence-corrected chi connectivity index (χ3v) is 11.9. The summed E-state index contributed by atoms with van der Waals surface area (Å²) >= 11 is 0. The van der Waals surface area contributed by atoms with Gasteiger partial charge in [0, 0.05) is 33.9 Å². The molecule has 1 heterocycles. The molecule has 54 heavy (non-hydrogen) atoms. The highest BCUT2D eigenvalue weighted by atomic mass is 16.6. The molecular weight excluding hydrogens is 669 g/mol. The van der Waals surface area contributed by atoms with Gasteiger partial charge in [-0.2, -0.15) is 0 Å².